The Hall–Kier alpha value is -1.79. The molecule has 3 rings (SSSR count). The summed E-state index contributed by atoms with van der Waals surface area (Å²) in [7, 11) is 3.10. The third-order valence-corrected chi connectivity index (χ3v) is 3.85. The van der Waals surface area contributed by atoms with Crippen LogP contribution >= 0.6 is 11.6 Å². The average molecular weight is 324 g/mol. The van der Waals surface area contributed by atoms with Gasteiger partial charge in [0, 0.05) is 5.56 Å². The number of nitrogens with one attached hydrogen (secondary N) is 1. The van der Waals surface area contributed by atoms with Crippen molar-refractivity contribution in [3.63, 3.8) is 0 Å². The van der Waals surface area contributed by atoms with Crippen molar-refractivity contribution in [2.24, 2.45) is 5.92 Å². The summed E-state index contributed by atoms with van der Waals surface area (Å²) in [6, 6.07) is 3.51. The molecule has 1 heterocycles. The van der Waals surface area contributed by atoms with Gasteiger partial charge in [-0.2, -0.15) is 4.98 Å². The predicted molar refractivity (Wildman–Crippen MR) is 82.3 cm³/mol. The molecule has 0 saturated heterocycles. The number of hydrogen-bond acceptors (Lipinski definition) is 6. The van der Waals surface area contributed by atoms with Crippen LogP contribution in [0.3, 0.4) is 0 Å². The molecular weight excluding hydrogens is 306 g/mol. The highest BCUT2D eigenvalue weighted by Gasteiger charge is 2.21. The standard InChI is InChI=1S/C15H18ClN3O3/c1-20-12-6-10(5-11(16)14(12)21-2)15-18-13(22-19-15)8-17-7-9-3-4-9/h5-6,9,17H,3-4,7-8H2,1-2H3. The van der Waals surface area contributed by atoms with E-state index in [1.54, 1.807) is 26.4 Å². The first kappa shape index (κ1) is 15.1. The molecule has 6 nitrogen and oxygen atoms in total. The number of methoxy groups -OCH3 is 2. The van der Waals surface area contributed by atoms with E-state index in [4.69, 9.17) is 25.6 Å². The number of halogens is 1. The Morgan fingerprint density at radius 2 is 2.14 bits per heavy atom. The van der Waals surface area contributed by atoms with Crippen molar-refractivity contribution >= 4 is 11.6 Å². The molecule has 0 unspecified atom stereocenters. The highest BCUT2D eigenvalue weighted by Crippen LogP contribution is 2.38. The molecule has 22 heavy (non-hydrogen) atoms. The van der Waals surface area contributed by atoms with Gasteiger partial charge >= 0.3 is 0 Å². The molecular formula is C15H18ClN3O3. The maximum atomic E-state index is 6.19. The predicted octanol–water partition coefficient (Wildman–Crippen LogP) is 2.91. The Morgan fingerprint density at radius 1 is 1.32 bits per heavy atom. The summed E-state index contributed by atoms with van der Waals surface area (Å²) >= 11 is 6.19. The summed E-state index contributed by atoms with van der Waals surface area (Å²) in [6.45, 7) is 1.57. The van der Waals surface area contributed by atoms with E-state index in [1.807, 2.05) is 0 Å². The van der Waals surface area contributed by atoms with Gasteiger partial charge < -0.3 is 19.3 Å². The molecule has 118 valence electrons. The SMILES string of the molecule is COc1cc(-c2noc(CNCC3CC3)n2)cc(Cl)c1OC. The third kappa shape index (κ3) is 3.34. The normalized spacial score (nSPS) is 14.1. The van der Waals surface area contributed by atoms with E-state index < -0.39 is 0 Å². The summed E-state index contributed by atoms with van der Waals surface area (Å²) in [6.07, 6.45) is 2.62. The number of nitrogens with zero attached hydrogens (tertiary/aromatic N) is 2. The van der Waals surface area contributed by atoms with Crippen LogP contribution in [-0.2, 0) is 6.54 Å². The minimum atomic E-state index is 0.440. The van der Waals surface area contributed by atoms with E-state index in [1.165, 1.54) is 12.8 Å². The quantitative estimate of drug-likeness (QED) is 0.845. The minimum Gasteiger partial charge on any atom is -0.493 e. The van der Waals surface area contributed by atoms with Crippen LogP contribution in [0, 0.1) is 5.92 Å². The summed E-state index contributed by atoms with van der Waals surface area (Å²) in [5.41, 5.74) is 0.722. The van der Waals surface area contributed by atoms with Crippen LogP contribution in [-0.4, -0.2) is 30.9 Å². The number of hydrogen-bond donors (Lipinski definition) is 1. The number of aromatic nitrogens is 2. The van der Waals surface area contributed by atoms with Gasteiger partial charge in [-0.3, -0.25) is 0 Å². The zero-order valence-corrected chi connectivity index (χ0v) is 13.3. The van der Waals surface area contributed by atoms with Crippen molar-refractivity contribution in [3.05, 3.63) is 23.0 Å². The van der Waals surface area contributed by atoms with E-state index in [2.05, 4.69) is 15.5 Å². The van der Waals surface area contributed by atoms with E-state index in [0.29, 0.717) is 34.8 Å². The molecule has 0 atom stereocenters. The van der Waals surface area contributed by atoms with Crippen LogP contribution in [0.1, 0.15) is 18.7 Å². The van der Waals surface area contributed by atoms with Gasteiger partial charge in [-0.05, 0) is 37.4 Å². The average Bonchev–Trinajstić information content (AvgIpc) is 3.22. The summed E-state index contributed by atoms with van der Waals surface area (Å²) in [5.74, 6) is 2.87. The molecule has 1 aliphatic rings. The van der Waals surface area contributed by atoms with Gasteiger partial charge in [0.15, 0.2) is 11.5 Å². The molecule has 0 bridgehead atoms. The van der Waals surface area contributed by atoms with E-state index in [-0.39, 0.29) is 0 Å². The Labute approximate surface area is 133 Å². The monoisotopic (exact) mass is 323 g/mol. The smallest absolute Gasteiger partial charge is 0.240 e. The second kappa shape index (κ2) is 6.54. The molecule has 1 saturated carbocycles. The second-order valence-electron chi connectivity index (χ2n) is 5.28. The highest BCUT2D eigenvalue weighted by molar-refractivity contribution is 6.32. The van der Waals surface area contributed by atoms with Crippen LogP contribution in [0.4, 0.5) is 0 Å². The second-order valence-corrected chi connectivity index (χ2v) is 5.69. The first-order valence-electron chi connectivity index (χ1n) is 7.16. The van der Waals surface area contributed by atoms with Crippen LogP contribution in [0.5, 0.6) is 11.5 Å². The van der Waals surface area contributed by atoms with Crippen molar-refractivity contribution < 1.29 is 14.0 Å². The number of benzene rings is 1. The fraction of sp³-hybridized carbons (Fsp3) is 0.467. The Kier molecular flexibility index (Phi) is 4.49. The third-order valence-electron chi connectivity index (χ3n) is 3.57. The fourth-order valence-corrected chi connectivity index (χ4v) is 2.48. The van der Waals surface area contributed by atoms with Gasteiger partial charge in [0.1, 0.15) is 0 Å². The Morgan fingerprint density at radius 3 is 2.82 bits per heavy atom. The Balaban J connectivity index is 1.75. The molecule has 1 aromatic heterocycles. The summed E-state index contributed by atoms with van der Waals surface area (Å²) in [5, 5.41) is 7.74. The lowest BCUT2D eigenvalue weighted by Gasteiger charge is -2.10. The molecule has 7 heteroatoms. The molecule has 0 spiro atoms. The lowest BCUT2D eigenvalue weighted by molar-refractivity contribution is 0.355. The van der Waals surface area contributed by atoms with Crippen LogP contribution < -0.4 is 14.8 Å². The van der Waals surface area contributed by atoms with Crippen LogP contribution in [0.2, 0.25) is 5.02 Å². The zero-order valence-electron chi connectivity index (χ0n) is 12.6. The van der Waals surface area contributed by atoms with Gasteiger partial charge in [-0.15, -0.1) is 0 Å². The largest absolute Gasteiger partial charge is 0.493 e. The molecule has 1 aromatic carbocycles. The summed E-state index contributed by atoms with van der Waals surface area (Å²) in [4.78, 5) is 4.37. The van der Waals surface area contributed by atoms with Crippen molar-refractivity contribution in [2.45, 2.75) is 19.4 Å². The molecule has 0 radical (unpaired) electrons. The number of ether oxygens (including phenoxy) is 2. The van der Waals surface area contributed by atoms with Crippen molar-refractivity contribution in [1.82, 2.24) is 15.5 Å². The fourth-order valence-electron chi connectivity index (χ4n) is 2.20. The van der Waals surface area contributed by atoms with Crippen molar-refractivity contribution in [1.29, 1.82) is 0 Å². The maximum absolute atomic E-state index is 6.19. The van der Waals surface area contributed by atoms with E-state index in [9.17, 15) is 0 Å². The van der Waals surface area contributed by atoms with Crippen molar-refractivity contribution in [3.8, 4) is 22.9 Å². The highest BCUT2D eigenvalue weighted by atomic mass is 35.5. The zero-order chi connectivity index (χ0) is 15.5. The molecule has 1 fully saturated rings. The first-order valence-corrected chi connectivity index (χ1v) is 7.54. The van der Waals surface area contributed by atoms with Gasteiger partial charge in [0.2, 0.25) is 11.7 Å². The molecule has 2 aromatic rings. The molecule has 1 N–H and O–H groups in total. The molecule has 0 aliphatic heterocycles. The lowest BCUT2D eigenvalue weighted by atomic mass is 10.2. The van der Waals surface area contributed by atoms with Crippen molar-refractivity contribution in [2.75, 3.05) is 20.8 Å². The molecule has 0 amide bonds. The minimum absolute atomic E-state index is 0.440. The van der Waals surface area contributed by atoms with Gasteiger partial charge in [0.25, 0.3) is 0 Å². The van der Waals surface area contributed by atoms with E-state index >= 15 is 0 Å². The maximum Gasteiger partial charge on any atom is 0.240 e. The first-order chi connectivity index (χ1) is 10.7. The summed E-state index contributed by atoms with van der Waals surface area (Å²) < 4.78 is 15.7. The van der Waals surface area contributed by atoms with Gasteiger partial charge in [-0.25, -0.2) is 0 Å². The van der Waals surface area contributed by atoms with Gasteiger partial charge in [0.05, 0.1) is 25.8 Å². The van der Waals surface area contributed by atoms with E-state index in [0.717, 1.165) is 18.0 Å². The number of rotatable bonds is 7. The van der Waals surface area contributed by atoms with Crippen LogP contribution in [0.25, 0.3) is 11.4 Å². The molecule has 1 aliphatic carbocycles. The topological polar surface area (TPSA) is 69.4 Å². The Bertz CT molecular complexity index is 655. The lowest BCUT2D eigenvalue weighted by Crippen LogP contribution is -2.16. The van der Waals surface area contributed by atoms with Gasteiger partial charge in [-0.1, -0.05) is 16.8 Å². The van der Waals surface area contributed by atoms with Crippen LogP contribution in [0.15, 0.2) is 16.7 Å².